The van der Waals surface area contributed by atoms with E-state index in [1.54, 1.807) is 0 Å². The predicted octanol–water partition coefficient (Wildman–Crippen LogP) is 4.41. The predicted molar refractivity (Wildman–Crippen MR) is 76.9 cm³/mol. The van der Waals surface area contributed by atoms with Gasteiger partial charge in [0.15, 0.2) is 5.58 Å². The molecule has 0 atom stereocenters. The molecule has 0 spiro atoms. The number of nitrogens with zero attached hydrogens (tertiary/aromatic N) is 1. The minimum absolute atomic E-state index is 0.690. The Hall–Kier alpha value is -1.36. The molecular formula is C14H10INO. The van der Waals surface area contributed by atoms with Gasteiger partial charge in [0.1, 0.15) is 5.52 Å². The molecule has 1 aromatic heterocycles. The summed E-state index contributed by atoms with van der Waals surface area (Å²) in [4.78, 5) is 4.53. The summed E-state index contributed by atoms with van der Waals surface area (Å²) in [7, 11) is 0. The number of fused-ring (bicyclic) bond motifs is 1. The van der Waals surface area contributed by atoms with Gasteiger partial charge in [-0.3, -0.25) is 0 Å². The van der Waals surface area contributed by atoms with Crippen molar-refractivity contribution in [2.24, 2.45) is 0 Å². The van der Waals surface area contributed by atoms with Crippen molar-refractivity contribution in [1.82, 2.24) is 4.98 Å². The van der Waals surface area contributed by atoms with Crippen molar-refractivity contribution in [2.75, 3.05) is 0 Å². The smallest absolute Gasteiger partial charge is 0.228 e. The Bertz CT molecular complexity index is 688. The maximum Gasteiger partial charge on any atom is 0.228 e. The highest BCUT2D eigenvalue weighted by molar-refractivity contribution is 14.1. The zero-order valence-corrected chi connectivity index (χ0v) is 11.4. The second kappa shape index (κ2) is 4.14. The lowest BCUT2D eigenvalue weighted by molar-refractivity contribution is 0.619. The van der Waals surface area contributed by atoms with Crippen molar-refractivity contribution in [1.29, 1.82) is 0 Å². The zero-order chi connectivity index (χ0) is 11.8. The van der Waals surface area contributed by atoms with Gasteiger partial charge in [0, 0.05) is 3.57 Å². The molecule has 2 nitrogen and oxygen atoms in total. The highest BCUT2D eigenvalue weighted by Gasteiger charge is 2.10. The number of oxazole rings is 1. The fourth-order valence-corrected chi connectivity index (χ4v) is 2.41. The first-order valence-electron chi connectivity index (χ1n) is 5.36. The molecule has 0 aliphatic heterocycles. The molecule has 0 amide bonds. The van der Waals surface area contributed by atoms with Gasteiger partial charge in [-0.25, -0.2) is 4.98 Å². The van der Waals surface area contributed by atoms with Crippen molar-refractivity contribution >= 4 is 33.7 Å². The molecule has 3 rings (SSSR count). The summed E-state index contributed by atoms with van der Waals surface area (Å²) < 4.78 is 6.92. The van der Waals surface area contributed by atoms with Crippen molar-refractivity contribution in [3.63, 3.8) is 0 Å². The summed E-state index contributed by atoms with van der Waals surface area (Å²) in [6.07, 6.45) is 0. The average molecular weight is 335 g/mol. The van der Waals surface area contributed by atoms with Crippen molar-refractivity contribution in [3.05, 3.63) is 51.6 Å². The van der Waals surface area contributed by atoms with Gasteiger partial charge in [-0.15, -0.1) is 0 Å². The van der Waals surface area contributed by atoms with Crippen LogP contribution in [0.3, 0.4) is 0 Å². The van der Waals surface area contributed by atoms with Crippen molar-refractivity contribution < 1.29 is 4.42 Å². The zero-order valence-electron chi connectivity index (χ0n) is 9.27. The Morgan fingerprint density at radius 3 is 2.76 bits per heavy atom. The van der Waals surface area contributed by atoms with Crippen LogP contribution in [0.5, 0.6) is 0 Å². The number of rotatable bonds is 1. The third-order valence-electron chi connectivity index (χ3n) is 2.65. The van der Waals surface area contributed by atoms with Crippen molar-refractivity contribution in [2.45, 2.75) is 6.92 Å². The van der Waals surface area contributed by atoms with E-state index >= 15 is 0 Å². The van der Waals surface area contributed by atoms with E-state index in [2.05, 4.69) is 40.6 Å². The molecule has 84 valence electrons. The average Bonchev–Trinajstić information content (AvgIpc) is 2.72. The van der Waals surface area contributed by atoms with Crippen molar-refractivity contribution in [3.8, 4) is 11.5 Å². The summed E-state index contributed by atoms with van der Waals surface area (Å²) in [5.74, 6) is 0.690. The topological polar surface area (TPSA) is 26.0 Å². The highest BCUT2D eigenvalue weighted by Crippen LogP contribution is 2.28. The molecule has 0 saturated heterocycles. The van der Waals surface area contributed by atoms with Gasteiger partial charge in [-0.05, 0) is 59.3 Å². The van der Waals surface area contributed by atoms with Gasteiger partial charge in [-0.2, -0.15) is 0 Å². The summed E-state index contributed by atoms with van der Waals surface area (Å²) in [6, 6.07) is 14.1. The summed E-state index contributed by atoms with van der Waals surface area (Å²) in [5.41, 5.74) is 3.99. The van der Waals surface area contributed by atoms with Crippen LogP contribution in [0.25, 0.3) is 22.6 Å². The Kier molecular flexibility index (Phi) is 2.63. The minimum atomic E-state index is 0.690. The molecule has 0 aliphatic rings. The van der Waals surface area contributed by atoms with Crippen LogP contribution in [0.4, 0.5) is 0 Å². The molecule has 0 fully saturated rings. The van der Waals surface area contributed by atoms with Crippen LogP contribution >= 0.6 is 22.6 Å². The molecule has 0 aliphatic carbocycles. The molecule has 1 heterocycles. The molecule has 3 heteroatoms. The minimum Gasteiger partial charge on any atom is -0.436 e. The second-order valence-corrected chi connectivity index (χ2v) is 5.13. The fraction of sp³-hybridized carbons (Fsp3) is 0.0714. The van der Waals surface area contributed by atoms with E-state index < -0.39 is 0 Å². The van der Waals surface area contributed by atoms with Gasteiger partial charge in [0.2, 0.25) is 5.89 Å². The molecule has 0 bridgehead atoms. The van der Waals surface area contributed by atoms with Crippen LogP contribution in [0.1, 0.15) is 5.56 Å². The lowest BCUT2D eigenvalue weighted by atomic mass is 10.2. The normalized spacial score (nSPS) is 10.9. The Morgan fingerprint density at radius 1 is 1.12 bits per heavy atom. The van der Waals surface area contributed by atoms with Crippen LogP contribution in [-0.4, -0.2) is 4.98 Å². The first-order valence-corrected chi connectivity index (χ1v) is 6.44. The number of aryl methyl sites for hydroxylation is 1. The number of aromatic nitrogens is 1. The highest BCUT2D eigenvalue weighted by atomic mass is 127. The van der Waals surface area contributed by atoms with Gasteiger partial charge < -0.3 is 4.42 Å². The van der Waals surface area contributed by atoms with E-state index in [-0.39, 0.29) is 0 Å². The number of halogens is 1. The maximum atomic E-state index is 5.77. The van der Waals surface area contributed by atoms with E-state index in [0.717, 1.165) is 20.2 Å². The molecule has 0 radical (unpaired) electrons. The van der Waals surface area contributed by atoms with E-state index in [1.165, 1.54) is 5.56 Å². The Balaban J connectivity index is 2.22. The monoisotopic (exact) mass is 335 g/mol. The molecule has 2 aromatic carbocycles. The van der Waals surface area contributed by atoms with E-state index in [0.29, 0.717) is 5.89 Å². The molecule has 17 heavy (non-hydrogen) atoms. The lowest BCUT2D eigenvalue weighted by Gasteiger charge is -1.97. The standard InChI is InChI=1S/C14H10INO/c1-9-6-7-13-12(8-9)16-14(17-13)10-4-2-3-5-11(10)15/h2-8H,1H3. The number of benzene rings is 2. The van der Waals surface area contributed by atoms with Gasteiger partial charge >= 0.3 is 0 Å². The molecular weight excluding hydrogens is 325 g/mol. The van der Waals surface area contributed by atoms with E-state index in [1.807, 2.05) is 36.4 Å². The van der Waals surface area contributed by atoms with E-state index in [4.69, 9.17) is 4.42 Å². The summed E-state index contributed by atoms with van der Waals surface area (Å²) >= 11 is 2.30. The first-order chi connectivity index (χ1) is 8.24. The second-order valence-electron chi connectivity index (χ2n) is 3.97. The lowest BCUT2D eigenvalue weighted by Crippen LogP contribution is -1.81. The quantitative estimate of drug-likeness (QED) is 0.616. The molecule has 0 unspecified atom stereocenters. The first kappa shape index (κ1) is 10.8. The number of hydrogen-bond donors (Lipinski definition) is 0. The third-order valence-corrected chi connectivity index (χ3v) is 3.59. The molecule has 0 N–H and O–H groups in total. The van der Waals surface area contributed by atoms with E-state index in [9.17, 15) is 0 Å². The van der Waals surface area contributed by atoms with Crippen LogP contribution in [-0.2, 0) is 0 Å². The largest absolute Gasteiger partial charge is 0.436 e. The van der Waals surface area contributed by atoms with Gasteiger partial charge in [-0.1, -0.05) is 18.2 Å². The Morgan fingerprint density at radius 2 is 1.94 bits per heavy atom. The van der Waals surface area contributed by atoms with Crippen LogP contribution in [0.2, 0.25) is 0 Å². The third kappa shape index (κ3) is 1.95. The summed E-state index contributed by atoms with van der Waals surface area (Å²) in [6.45, 7) is 2.06. The molecule has 0 saturated carbocycles. The van der Waals surface area contributed by atoms with Gasteiger partial charge in [0.05, 0.1) is 5.56 Å². The SMILES string of the molecule is Cc1ccc2oc(-c3ccccc3I)nc2c1. The van der Waals surface area contributed by atoms with Gasteiger partial charge in [0.25, 0.3) is 0 Å². The van der Waals surface area contributed by atoms with Crippen LogP contribution in [0, 0.1) is 10.5 Å². The Labute approximate surface area is 113 Å². The molecule has 3 aromatic rings. The summed E-state index contributed by atoms with van der Waals surface area (Å²) in [5, 5.41) is 0. The maximum absolute atomic E-state index is 5.77. The van der Waals surface area contributed by atoms with Crippen LogP contribution in [0.15, 0.2) is 46.9 Å². The fourth-order valence-electron chi connectivity index (χ4n) is 1.79. The van der Waals surface area contributed by atoms with Crippen LogP contribution < -0.4 is 0 Å². The number of hydrogen-bond acceptors (Lipinski definition) is 2.